The molecule has 1 N–H and O–H groups in total. The molecule has 2 nitrogen and oxygen atoms in total. The molecule has 0 atom stereocenters. The van der Waals surface area contributed by atoms with Crippen molar-refractivity contribution in [2.75, 3.05) is 0 Å². The minimum atomic E-state index is -0.352. The van der Waals surface area contributed by atoms with Gasteiger partial charge in [0.2, 0.25) is 0 Å². The van der Waals surface area contributed by atoms with E-state index in [1.54, 1.807) is 30.3 Å². The van der Waals surface area contributed by atoms with Crippen molar-refractivity contribution in [1.82, 2.24) is 5.32 Å². The fourth-order valence-electron chi connectivity index (χ4n) is 1.97. The zero-order valence-electron chi connectivity index (χ0n) is 10.9. The molecule has 0 amide bonds. The molecule has 0 saturated heterocycles. The maximum Gasteiger partial charge on any atom is 0.167 e. The van der Waals surface area contributed by atoms with Gasteiger partial charge in [0.05, 0.1) is 0 Å². The molecule has 2 aromatic rings. The van der Waals surface area contributed by atoms with Gasteiger partial charge in [-0.25, -0.2) is 4.39 Å². The maximum atomic E-state index is 14.0. The van der Waals surface area contributed by atoms with Crippen molar-refractivity contribution in [3.63, 3.8) is 0 Å². The van der Waals surface area contributed by atoms with Crippen LogP contribution >= 0.6 is 11.6 Å². The van der Waals surface area contributed by atoms with Crippen LogP contribution < -0.4 is 10.1 Å². The topological polar surface area (TPSA) is 21.3 Å². The Bertz CT molecular complexity index is 596. The largest absolute Gasteiger partial charge is 0.454 e. The molecule has 1 aliphatic carbocycles. The Hall–Kier alpha value is -1.58. The summed E-state index contributed by atoms with van der Waals surface area (Å²) < 4.78 is 19.7. The zero-order chi connectivity index (χ0) is 13.9. The predicted molar refractivity (Wildman–Crippen MR) is 77.8 cm³/mol. The fourth-order valence-corrected chi connectivity index (χ4v) is 2.10. The second-order valence-electron chi connectivity index (χ2n) is 4.94. The molecule has 2 aromatic carbocycles. The Kier molecular flexibility index (Phi) is 3.90. The Morgan fingerprint density at radius 3 is 2.60 bits per heavy atom. The van der Waals surface area contributed by atoms with Gasteiger partial charge in [-0.3, -0.25) is 0 Å². The molecule has 104 valence electrons. The van der Waals surface area contributed by atoms with Crippen molar-refractivity contribution >= 4 is 11.6 Å². The average Bonchev–Trinajstić information content (AvgIpc) is 3.26. The molecule has 0 aliphatic heterocycles. The lowest BCUT2D eigenvalue weighted by Crippen LogP contribution is -2.16. The van der Waals surface area contributed by atoms with E-state index in [0.717, 1.165) is 5.56 Å². The van der Waals surface area contributed by atoms with Crippen molar-refractivity contribution in [2.45, 2.75) is 25.4 Å². The van der Waals surface area contributed by atoms with E-state index in [1.807, 2.05) is 6.07 Å². The normalized spacial score (nSPS) is 14.3. The van der Waals surface area contributed by atoms with E-state index in [0.29, 0.717) is 23.4 Å². The Morgan fingerprint density at radius 2 is 1.90 bits per heavy atom. The Labute approximate surface area is 122 Å². The third-order valence-electron chi connectivity index (χ3n) is 3.24. The number of halogens is 2. The molecule has 0 heterocycles. The summed E-state index contributed by atoms with van der Waals surface area (Å²) in [6.45, 7) is 0.616. The van der Waals surface area contributed by atoms with E-state index >= 15 is 0 Å². The molecule has 1 fully saturated rings. The van der Waals surface area contributed by atoms with Gasteiger partial charge in [0, 0.05) is 23.2 Å². The van der Waals surface area contributed by atoms with Gasteiger partial charge in [-0.15, -0.1) is 0 Å². The number of ether oxygens (including phenoxy) is 1. The third-order valence-corrected chi connectivity index (χ3v) is 3.49. The molecule has 0 radical (unpaired) electrons. The first kappa shape index (κ1) is 13.4. The van der Waals surface area contributed by atoms with Crippen molar-refractivity contribution in [3.05, 3.63) is 58.9 Å². The molecule has 20 heavy (non-hydrogen) atoms. The molecular formula is C16H15ClFNO. The first-order chi connectivity index (χ1) is 9.72. The van der Waals surface area contributed by atoms with Crippen LogP contribution in [0.1, 0.15) is 18.4 Å². The van der Waals surface area contributed by atoms with Crippen molar-refractivity contribution in [1.29, 1.82) is 0 Å². The number of benzene rings is 2. The number of hydrogen-bond acceptors (Lipinski definition) is 2. The smallest absolute Gasteiger partial charge is 0.167 e. The van der Waals surface area contributed by atoms with Crippen LogP contribution in [-0.4, -0.2) is 6.04 Å². The van der Waals surface area contributed by atoms with E-state index in [4.69, 9.17) is 16.3 Å². The highest BCUT2D eigenvalue weighted by molar-refractivity contribution is 6.30. The van der Waals surface area contributed by atoms with Crippen LogP contribution in [0.2, 0.25) is 5.02 Å². The summed E-state index contributed by atoms with van der Waals surface area (Å²) in [4.78, 5) is 0. The lowest BCUT2D eigenvalue weighted by molar-refractivity contribution is 0.433. The summed E-state index contributed by atoms with van der Waals surface area (Å²) in [5, 5.41) is 3.99. The predicted octanol–water partition coefficient (Wildman–Crippen LogP) is 4.52. The first-order valence-electron chi connectivity index (χ1n) is 6.66. The lowest BCUT2D eigenvalue weighted by atomic mass is 10.2. The molecule has 0 bridgehead atoms. The highest BCUT2D eigenvalue weighted by Gasteiger charge is 2.21. The van der Waals surface area contributed by atoms with E-state index in [2.05, 4.69) is 5.32 Å². The summed E-state index contributed by atoms with van der Waals surface area (Å²) in [5.74, 6) is 0.505. The van der Waals surface area contributed by atoms with E-state index in [-0.39, 0.29) is 11.6 Å². The van der Waals surface area contributed by atoms with Crippen LogP contribution in [0.15, 0.2) is 42.5 Å². The van der Waals surface area contributed by atoms with Gasteiger partial charge in [0.1, 0.15) is 5.75 Å². The van der Waals surface area contributed by atoms with E-state index < -0.39 is 0 Å². The second-order valence-corrected chi connectivity index (χ2v) is 5.38. The van der Waals surface area contributed by atoms with Crippen LogP contribution in [-0.2, 0) is 6.54 Å². The van der Waals surface area contributed by atoms with Crippen LogP contribution in [0.5, 0.6) is 11.5 Å². The monoisotopic (exact) mass is 291 g/mol. The summed E-state index contributed by atoms with van der Waals surface area (Å²) >= 11 is 5.83. The van der Waals surface area contributed by atoms with Gasteiger partial charge in [-0.2, -0.15) is 0 Å². The summed E-state index contributed by atoms with van der Waals surface area (Å²) in [6, 6.07) is 12.5. The molecular weight excluding hydrogens is 277 g/mol. The summed E-state index contributed by atoms with van der Waals surface area (Å²) in [5.41, 5.74) is 0.826. The van der Waals surface area contributed by atoms with Crippen molar-refractivity contribution < 1.29 is 9.13 Å². The Balaban J connectivity index is 1.80. The standard InChI is InChI=1S/C16H15ClFNO/c17-12-4-8-14(9-5-12)20-16-11(2-1-3-15(16)18)10-19-13-6-7-13/h1-5,8-9,13,19H,6-7,10H2. The molecule has 0 unspecified atom stereocenters. The first-order valence-corrected chi connectivity index (χ1v) is 7.04. The maximum absolute atomic E-state index is 14.0. The number of hydrogen-bond donors (Lipinski definition) is 1. The minimum absolute atomic E-state index is 0.281. The van der Waals surface area contributed by atoms with Gasteiger partial charge < -0.3 is 10.1 Å². The Morgan fingerprint density at radius 1 is 1.15 bits per heavy atom. The highest BCUT2D eigenvalue weighted by Crippen LogP contribution is 2.30. The fraction of sp³-hybridized carbons (Fsp3) is 0.250. The van der Waals surface area contributed by atoms with E-state index in [1.165, 1.54) is 18.9 Å². The lowest BCUT2D eigenvalue weighted by Gasteiger charge is -2.12. The van der Waals surface area contributed by atoms with Crippen LogP contribution in [0.25, 0.3) is 0 Å². The molecule has 0 aromatic heterocycles. The zero-order valence-corrected chi connectivity index (χ0v) is 11.7. The van der Waals surface area contributed by atoms with Crippen LogP contribution in [0, 0.1) is 5.82 Å². The molecule has 1 aliphatic rings. The molecule has 1 saturated carbocycles. The summed E-state index contributed by atoms with van der Waals surface area (Å²) in [6.07, 6.45) is 2.39. The van der Waals surface area contributed by atoms with Gasteiger partial charge >= 0.3 is 0 Å². The number of nitrogens with one attached hydrogen (secondary N) is 1. The minimum Gasteiger partial charge on any atom is -0.454 e. The molecule has 4 heteroatoms. The SMILES string of the molecule is Fc1cccc(CNC2CC2)c1Oc1ccc(Cl)cc1. The number of para-hydroxylation sites is 1. The van der Waals surface area contributed by atoms with Crippen molar-refractivity contribution in [3.8, 4) is 11.5 Å². The van der Waals surface area contributed by atoms with Crippen LogP contribution in [0.4, 0.5) is 4.39 Å². The van der Waals surface area contributed by atoms with E-state index in [9.17, 15) is 4.39 Å². The third kappa shape index (κ3) is 3.30. The van der Waals surface area contributed by atoms with Gasteiger partial charge in [0.15, 0.2) is 11.6 Å². The second kappa shape index (κ2) is 5.81. The molecule has 3 rings (SSSR count). The summed E-state index contributed by atoms with van der Waals surface area (Å²) in [7, 11) is 0. The average molecular weight is 292 g/mol. The van der Waals surface area contributed by atoms with Gasteiger partial charge in [-0.05, 0) is 43.2 Å². The van der Waals surface area contributed by atoms with Gasteiger partial charge in [-0.1, -0.05) is 23.7 Å². The molecule has 0 spiro atoms. The van der Waals surface area contributed by atoms with Gasteiger partial charge in [0.25, 0.3) is 0 Å². The highest BCUT2D eigenvalue weighted by atomic mass is 35.5. The van der Waals surface area contributed by atoms with Crippen molar-refractivity contribution in [2.24, 2.45) is 0 Å². The quantitative estimate of drug-likeness (QED) is 0.874. The van der Waals surface area contributed by atoms with Crippen LogP contribution in [0.3, 0.4) is 0 Å². The number of rotatable bonds is 5.